The molecule has 1 heterocycles. The fourth-order valence-corrected chi connectivity index (χ4v) is 5.36. The molecule has 0 fully saturated rings. The van der Waals surface area contributed by atoms with Crippen LogP contribution >= 0.6 is 0 Å². The number of sulfonamides is 1. The summed E-state index contributed by atoms with van der Waals surface area (Å²) in [5, 5.41) is 0. The van der Waals surface area contributed by atoms with Crippen LogP contribution in [0.5, 0.6) is 0 Å². The predicted octanol–water partition coefficient (Wildman–Crippen LogP) is 2.76. The van der Waals surface area contributed by atoms with Gasteiger partial charge in [0.2, 0.25) is 10.0 Å². The average Bonchev–Trinajstić information content (AvgIpc) is 2.71. The SMILES string of the molecule is CCC(C)NS(=O)(=O)c1ccc(C(=O)N2CCCc3cc(S(C)(=O)=O)ccc32)cc1. The lowest BCUT2D eigenvalue weighted by Crippen LogP contribution is -2.35. The van der Waals surface area contributed by atoms with Crippen LogP contribution < -0.4 is 9.62 Å². The van der Waals surface area contributed by atoms with E-state index < -0.39 is 19.9 Å². The van der Waals surface area contributed by atoms with Crippen LogP contribution in [0.3, 0.4) is 0 Å². The van der Waals surface area contributed by atoms with E-state index in [2.05, 4.69) is 4.72 Å². The van der Waals surface area contributed by atoms with Gasteiger partial charge in [-0.1, -0.05) is 6.92 Å². The van der Waals surface area contributed by atoms with Crippen LogP contribution in [0.2, 0.25) is 0 Å². The standard InChI is InChI=1S/C21H26N2O5S2/c1-4-15(2)22-30(27,28)18-9-7-16(8-10-18)21(24)23-13-5-6-17-14-19(29(3,25)26)11-12-20(17)23/h7-12,14-15,22H,4-6,13H2,1-3H3. The van der Waals surface area contributed by atoms with Crippen LogP contribution in [0.1, 0.15) is 42.6 Å². The third kappa shape index (κ3) is 4.74. The van der Waals surface area contributed by atoms with Crippen LogP contribution in [0.15, 0.2) is 52.3 Å². The molecule has 1 aliphatic rings. The number of rotatable bonds is 6. The highest BCUT2D eigenvalue weighted by atomic mass is 32.2. The van der Waals surface area contributed by atoms with Gasteiger partial charge in [0.25, 0.3) is 5.91 Å². The van der Waals surface area contributed by atoms with Crippen molar-refractivity contribution in [3.8, 4) is 0 Å². The Morgan fingerprint density at radius 3 is 2.30 bits per heavy atom. The van der Waals surface area contributed by atoms with Gasteiger partial charge in [0.1, 0.15) is 0 Å². The van der Waals surface area contributed by atoms with Crippen molar-refractivity contribution in [3.05, 3.63) is 53.6 Å². The molecule has 0 spiro atoms. The summed E-state index contributed by atoms with van der Waals surface area (Å²) in [5.74, 6) is -0.248. The first kappa shape index (κ1) is 22.5. The molecule has 3 rings (SSSR count). The summed E-state index contributed by atoms with van der Waals surface area (Å²) in [6.07, 6.45) is 3.25. The van der Waals surface area contributed by atoms with Gasteiger partial charge in [-0.25, -0.2) is 21.6 Å². The van der Waals surface area contributed by atoms with Crippen LogP contribution in [0.4, 0.5) is 5.69 Å². The molecule has 2 aromatic carbocycles. The van der Waals surface area contributed by atoms with Gasteiger partial charge in [0.05, 0.1) is 9.79 Å². The first-order chi connectivity index (χ1) is 14.0. The highest BCUT2D eigenvalue weighted by Crippen LogP contribution is 2.30. The highest BCUT2D eigenvalue weighted by Gasteiger charge is 2.25. The van der Waals surface area contributed by atoms with Gasteiger partial charge in [-0.05, 0) is 74.2 Å². The number of fused-ring (bicyclic) bond motifs is 1. The van der Waals surface area contributed by atoms with Crippen molar-refractivity contribution >= 4 is 31.5 Å². The first-order valence-electron chi connectivity index (χ1n) is 9.80. The molecule has 7 nitrogen and oxygen atoms in total. The van der Waals surface area contributed by atoms with Gasteiger partial charge in [-0.2, -0.15) is 0 Å². The summed E-state index contributed by atoms with van der Waals surface area (Å²) in [4.78, 5) is 15.0. The van der Waals surface area contributed by atoms with E-state index in [1.54, 1.807) is 24.0 Å². The fraction of sp³-hybridized carbons (Fsp3) is 0.381. The number of nitrogens with one attached hydrogen (secondary N) is 1. The van der Waals surface area contributed by atoms with Gasteiger partial charge in [0.15, 0.2) is 9.84 Å². The molecule has 2 aromatic rings. The monoisotopic (exact) mass is 450 g/mol. The maximum Gasteiger partial charge on any atom is 0.258 e. The van der Waals surface area contributed by atoms with E-state index >= 15 is 0 Å². The molecule has 0 aromatic heterocycles. The fourth-order valence-electron chi connectivity index (χ4n) is 3.36. The van der Waals surface area contributed by atoms with Gasteiger partial charge in [0, 0.05) is 30.1 Å². The van der Waals surface area contributed by atoms with Gasteiger partial charge in [-0.3, -0.25) is 4.79 Å². The average molecular weight is 451 g/mol. The minimum Gasteiger partial charge on any atom is -0.308 e. The predicted molar refractivity (Wildman–Crippen MR) is 116 cm³/mol. The number of hydrogen-bond donors (Lipinski definition) is 1. The zero-order valence-electron chi connectivity index (χ0n) is 17.3. The van der Waals surface area contributed by atoms with E-state index in [1.807, 2.05) is 6.92 Å². The summed E-state index contributed by atoms with van der Waals surface area (Å²) in [5.41, 5.74) is 1.88. The number of carbonyl (C=O) groups is 1. The van der Waals surface area contributed by atoms with Gasteiger partial charge >= 0.3 is 0 Å². The smallest absolute Gasteiger partial charge is 0.258 e. The van der Waals surface area contributed by atoms with Crippen molar-refractivity contribution in [2.24, 2.45) is 0 Å². The second kappa shape index (κ2) is 8.49. The van der Waals surface area contributed by atoms with Crippen LogP contribution in [0.25, 0.3) is 0 Å². The second-order valence-electron chi connectivity index (χ2n) is 7.58. The van der Waals surface area contributed by atoms with Crippen LogP contribution in [0, 0.1) is 0 Å². The summed E-state index contributed by atoms with van der Waals surface area (Å²) >= 11 is 0. The van der Waals surface area contributed by atoms with Crippen LogP contribution in [-0.4, -0.2) is 41.6 Å². The Balaban J connectivity index is 1.86. The van der Waals surface area contributed by atoms with Crippen molar-refractivity contribution in [2.45, 2.75) is 48.9 Å². The van der Waals surface area contributed by atoms with E-state index in [0.717, 1.165) is 18.2 Å². The Morgan fingerprint density at radius 1 is 1.07 bits per heavy atom. The van der Waals surface area contributed by atoms with Gasteiger partial charge < -0.3 is 4.90 Å². The zero-order valence-corrected chi connectivity index (χ0v) is 18.9. The molecule has 0 radical (unpaired) electrons. The van der Waals surface area contributed by atoms with Crippen molar-refractivity contribution < 1.29 is 21.6 Å². The van der Waals surface area contributed by atoms with E-state index in [4.69, 9.17) is 0 Å². The molecular formula is C21H26N2O5S2. The van der Waals surface area contributed by atoms with E-state index in [1.165, 1.54) is 30.3 Å². The lowest BCUT2D eigenvalue weighted by Gasteiger charge is -2.30. The molecule has 1 N–H and O–H groups in total. The van der Waals surface area contributed by atoms with Crippen LogP contribution in [-0.2, 0) is 26.3 Å². The molecular weight excluding hydrogens is 424 g/mol. The van der Waals surface area contributed by atoms with Crippen molar-refractivity contribution in [2.75, 3.05) is 17.7 Å². The lowest BCUT2D eigenvalue weighted by atomic mass is 10.0. The number of nitrogens with zero attached hydrogens (tertiary/aromatic N) is 1. The Labute approximate surface area is 178 Å². The summed E-state index contributed by atoms with van der Waals surface area (Å²) in [7, 11) is -6.96. The van der Waals surface area contributed by atoms with Gasteiger partial charge in [-0.15, -0.1) is 0 Å². The van der Waals surface area contributed by atoms with Crippen molar-refractivity contribution in [1.29, 1.82) is 0 Å². The molecule has 162 valence electrons. The number of amides is 1. The molecule has 1 amide bonds. The normalized spacial score (nSPS) is 15.5. The minimum atomic E-state index is -3.64. The third-order valence-corrected chi connectivity index (χ3v) is 7.94. The number of hydrogen-bond acceptors (Lipinski definition) is 5. The molecule has 0 aliphatic carbocycles. The number of aryl methyl sites for hydroxylation is 1. The maximum absolute atomic E-state index is 13.1. The minimum absolute atomic E-state index is 0.108. The summed E-state index contributed by atoms with van der Waals surface area (Å²) in [6.45, 7) is 4.20. The topological polar surface area (TPSA) is 101 Å². The Hall–Kier alpha value is -2.23. The largest absolute Gasteiger partial charge is 0.308 e. The number of sulfone groups is 1. The summed E-state index contributed by atoms with van der Waals surface area (Å²) < 4.78 is 51.0. The Kier molecular flexibility index (Phi) is 6.35. The van der Waals surface area contributed by atoms with E-state index in [9.17, 15) is 21.6 Å². The first-order valence-corrected chi connectivity index (χ1v) is 13.2. The van der Waals surface area contributed by atoms with E-state index in [-0.39, 0.29) is 21.7 Å². The molecule has 30 heavy (non-hydrogen) atoms. The van der Waals surface area contributed by atoms with Crippen molar-refractivity contribution in [3.63, 3.8) is 0 Å². The lowest BCUT2D eigenvalue weighted by molar-refractivity contribution is 0.0985. The molecule has 0 saturated heterocycles. The third-order valence-electron chi connectivity index (χ3n) is 5.22. The second-order valence-corrected chi connectivity index (χ2v) is 11.3. The Morgan fingerprint density at radius 2 is 1.70 bits per heavy atom. The Bertz CT molecular complexity index is 1160. The number of anilines is 1. The maximum atomic E-state index is 13.1. The molecule has 0 saturated carbocycles. The number of carbonyl (C=O) groups excluding carboxylic acids is 1. The molecule has 1 unspecified atom stereocenters. The van der Waals surface area contributed by atoms with E-state index in [0.29, 0.717) is 30.6 Å². The summed E-state index contributed by atoms with van der Waals surface area (Å²) in [6, 6.07) is 10.5. The highest BCUT2D eigenvalue weighted by molar-refractivity contribution is 7.90. The molecule has 1 atom stereocenters. The van der Waals surface area contributed by atoms with Crippen molar-refractivity contribution in [1.82, 2.24) is 4.72 Å². The number of benzene rings is 2. The quantitative estimate of drug-likeness (QED) is 0.729. The zero-order chi connectivity index (χ0) is 22.1. The molecule has 9 heteroatoms. The molecule has 1 aliphatic heterocycles. The molecule has 0 bridgehead atoms.